The zero-order valence-corrected chi connectivity index (χ0v) is 24.7. The Bertz CT molecular complexity index is 1270. The van der Waals surface area contributed by atoms with Crippen LogP contribution in [0.25, 0.3) is 0 Å². The maximum absolute atomic E-state index is 13.4. The summed E-state index contributed by atoms with van der Waals surface area (Å²) in [6.45, 7) is 0.996. The molecule has 2 unspecified atom stereocenters. The van der Waals surface area contributed by atoms with Crippen molar-refractivity contribution < 1.29 is 55.0 Å². The second kappa shape index (κ2) is 12.7. The first kappa shape index (κ1) is 27.7. The molecule has 4 nitrogen and oxygen atoms in total. The summed E-state index contributed by atoms with van der Waals surface area (Å²) in [5.41, 5.74) is -8.70. The fourth-order valence-electron chi connectivity index (χ4n) is 8.17. The van der Waals surface area contributed by atoms with Crippen molar-refractivity contribution in [3.8, 4) is 11.8 Å². The Balaban J connectivity index is 1.98. The van der Waals surface area contributed by atoms with Crippen LogP contribution in [0.1, 0.15) is 113 Å². The fraction of sp³-hybridized carbons (Fsp3) is 0.818. The second-order valence-electron chi connectivity index (χ2n) is 13.5. The second-order valence-corrected chi connectivity index (χ2v) is 13.5. The molecule has 10 heteroatoms. The topological polar surface area (TPSA) is 80.9 Å². The van der Waals surface area contributed by atoms with Crippen LogP contribution in [-0.2, 0) is 0 Å². The van der Waals surface area contributed by atoms with E-state index < -0.39 is 73.1 Å². The van der Waals surface area contributed by atoms with Gasteiger partial charge < -0.3 is 20.4 Å². The molecule has 0 heterocycles. The van der Waals surface area contributed by atoms with Gasteiger partial charge in [-0.2, -0.15) is 26.3 Å². The van der Waals surface area contributed by atoms with E-state index in [2.05, 4.69) is 6.58 Å². The number of hydrogen-bond donors (Lipinski definition) is 4. The summed E-state index contributed by atoms with van der Waals surface area (Å²) in [4.78, 5) is 0. The van der Waals surface area contributed by atoms with Crippen molar-refractivity contribution in [2.24, 2.45) is 28.6 Å². The van der Waals surface area contributed by atoms with Crippen LogP contribution in [0, 0.1) is 40.4 Å². The van der Waals surface area contributed by atoms with Crippen molar-refractivity contribution in [2.75, 3.05) is 0 Å². The molecule has 0 aromatic rings. The normalized spacial score (nSPS) is 35.8. The molecule has 43 heavy (non-hydrogen) atoms. The molecule has 0 aromatic heterocycles. The Morgan fingerprint density at radius 2 is 1.70 bits per heavy atom. The summed E-state index contributed by atoms with van der Waals surface area (Å²) < 4.78 is 127. The molecule has 0 radical (unpaired) electrons. The smallest absolute Gasteiger partial charge is 0.393 e. The molecule has 4 N–H and O–H groups in total. The summed E-state index contributed by atoms with van der Waals surface area (Å²) >= 11 is 0. The summed E-state index contributed by atoms with van der Waals surface area (Å²) in [5.74, 6) is 2.88. The van der Waals surface area contributed by atoms with Crippen molar-refractivity contribution in [3.05, 3.63) is 23.8 Å². The standard InChI is InChI=1S/C33H48F6O4/c1-21-23(19-24(40)20-26(21)41)11-10-22-9-6-17-30(5)25(22)12-13-27(30)29(4,15-7-14-28(2,3)42)16-8-18-31(43,32(34,35)36)33(37,38)39/h11,22,24-27,40-43H,1,6-7,9-10,12-17,19-20H2,2-5H3/b23-11-/t22?,24-,25?,26+,27-,29-,30+/m1/s1/i2D3,3D3. The minimum absolute atomic E-state index is 0.0656. The summed E-state index contributed by atoms with van der Waals surface area (Å²) in [6.07, 6.45) is -8.80. The van der Waals surface area contributed by atoms with E-state index in [4.69, 9.17) is 8.22 Å². The monoisotopic (exact) mass is 628 g/mol. The van der Waals surface area contributed by atoms with Gasteiger partial charge in [0.15, 0.2) is 0 Å². The van der Waals surface area contributed by atoms with E-state index in [1.54, 1.807) is 6.92 Å². The lowest BCUT2D eigenvalue weighted by atomic mass is 9.54. The first-order valence-corrected chi connectivity index (χ1v) is 14.9. The summed E-state index contributed by atoms with van der Waals surface area (Å²) in [5, 5.41) is 40.9. The molecule has 3 aliphatic rings. The third kappa shape index (κ3) is 7.82. The molecule has 0 amide bonds. The van der Waals surface area contributed by atoms with Gasteiger partial charge in [-0.15, -0.1) is 0 Å². The van der Waals surface area contributed by atoms with Crippen LogP contribution < -0.4 is 0 Å². The maximum atomic E-state index is 13.4. The Morgan fingerprint density at radius 3 is 2.30 bits per heavy atom. The van der Waals surface area contributed by atoms with Crippen molar-refractivity contribution in [1.29, 1.82) is 0 Å². The molecule has 3 fully saturated rings. The molecule has 0 saturated heterocycles. The Labute approximate surface area is 260 Å². The highest BCUT2D eigenvalue weighted by atomic mass is 19.4. The third-order valence-electron chi connectivity index (χ3n) is 10.4. The van der Waals surface area contributed by atoms with Crippen molar-refractivity contribution in [3.63, 3.8) is 0 Å². The van der Waals surface area contributed by atoms with Crippen LogP contribution >= 0.6 is 0 Å². The van der Waals surface area contributed by atoms with Gasteiger partial charge in [-0.1, -0.05) is 45.3 Å². The lowest BCUT2D eigenvalue weighted by Gasteiger charge is -2.51. The predicted octanol–water partition coefficient (Wildman–Crippen LogP) is 7.40. The Kier molecular flexibility index (Phi) is 8.19. The average molecular weight is 629 g/mol. The maximum Gasteiger partial charge on any atom is 0.438 e. The first-order chi connectivity index (χ1) is 22.0. The van der Waals surface area contributed by atoms with Crippen LogP contribution in [-0.4, -0.2) is 56.2 Å². The largest absolute Gasteiger partial charge is 0.438 e. The minimum Gasteiger partial charge on any atom is -0.393 e. The van der Waals surface area contributed by atoms with E-state index in [0.29, 0.717) is 37.7 Å². The Hall–Kier alpha value is -1.54. The molecular weight excluding hydrogens is 574 g/mol. The lowest BCUT2D eigenvalue weighted by Crippen LogP contribution is -2.55. The molecule has 3 rings (SSSR count). The number of rotatable bonds is 8. The number of aliphatic hydroxyl groups excluding tert-OH is 2. The molecule has 0 spiro atoms. The third-order valence-corrected chi connectivity index (χ3v) is 10.4. The highest BCUT2D eigenvalue weighted by Crippen LogP contribution is 2.64. The number of hydrogen-bond acceptors (Lipinski definition) is 4. The van der Waals surface area contributed by atoms with Gasteiger partial charge in [0.05, 0.1) is 17.8 Å². The van der Waals surface area contributed by atoms with Gasteiger partial charge in [-0.05, 0) is 111 Å². The van der Waals surface area contributed by atoms with Crippen LogP contribution in [0.4, 0.5) is 26.3 Å². The molecule has 3 saturated carbocycles. The molecule has 246 valence electrons. The van der Waals surface area contributed by atoms with Crippen LogP contribution in [0.3, 0.4) is 0 Å². The van der Waals surface area contributed by atoms with E-state index in [1.165, 1.54) is 0 Å². The molecule has 0 bridgehead atoms. The average Bonchev–Trinajstić information content (AvgIpc) is 3.29. The van der Waals surface area contributed by atoms with E-state index in [9.17, 15) is 46.8 Å². The quantitative estimate of drug-likeness (QED) is 0.167. The van der Waals surface area contributed by atoms with Crippen LogP contribution in [0.2, 0.25) is 0 Å². The van der Waals surface area contributed by atoms with E-state index >= 15 is 0 Å². The van der Waals surface area contributed by atoms with Crippen molar-refractivity contribution in [1.82, 2.24) is 0 Å². The van der Waals surface area contributed by atoms with E-state index in [-0.39, 0.29) is 37.0 Å². The van der Waals surface area contributed by atoms with Gasteiger partial charge >= 0.3 is 18.0 Å². The zero-order chi connectivity index (χ0) is 37.6. The highest BCUT2D eigenvalue weighted by Gasteiger charge is 2.70. The van der Waals surface area contributed by atoms with Gasteiger partial charge in [0, 0.05) is 21.1 Å². The molecule has 3 aliphatic carbocycles. The van der Waals surface area contributed by atoms with Gasteiger partial charge in [0.1, 0.15) is 0 Å². The van der Waals surface area contributed by atoms with Gasteiger partial charge in [0.2, 0.25) is 0 Å². The molecule has 0 aliphatic heterocycles. The van der Waals surface area contributed by atoms with E-state index in [0.717, 1.165) is 24.3 Å². The molecular formula is C33H48F6O4. The van der Waals surface area contributed by atoms with Gasteiger partial charge in [-0.25, -0.2) is 0 Å². The molecule has 0 aromatic carbocycles. The first-order valence-electron chi connectivity index (χ1n) is 17.9. The van der Waals surface area contributed by atoms with E-state index in [1.807, 2.05) is 18.9 Å². The number of allylic oxidation sites excluding steroid dienone is 1. The summed E-state index contributed by atoms with van der Waals surface area (Å²) in [6, 6.07) is 0. The molecule has 7 atom stereocenters. The number of fused-ring (bicyclic) bond motifs is 1. The van der Waals surface area contributed by atoms with Gasteiger partial charge in [-0.3, -0.25) is 0 Å². The minimum atomic E-state index is -6.14. The predicted molar refractivity (Wildman–Crippen MR) is 152 cm³/mol. The van der Waals surface area contributed by atoms with Crippen molar-refractivity contribution >= 4 is 0 Å². The van der Waals surface area contributed by atoms with Crippen LogP contribution in [0.5, 0.6) is 0 Å². The number of aliphatic hydroxyl groups is 4. The van der Waals surface area contributed by atoms with Crippen molar-refractivity contribution in [2.45, 2.75) is 140 Å². The highest BCUT2D eigenvalue weighted by molar-refractivity contribution is 5.35. The Morgan fingerprint density at radius 1 is 1.05 bits per heavy atom. The summed E-state index contributed by atoms with van der Waals surface area (Å²) in [7, 11) is 0. The number of alkyl halides is 6. The number of halogens is 6. The zero-order valence-electron chi connectivity index (χ0n) is 30.7. The van der Waals surface area contributed by atoms with Gasteiger partial charge in [0.25, 0.3) is 0 Å². The SMILES string of the molecule is [2H]C([2H])([2H])C(O)(CCC[C@](C)(CC#CC(O)(C(F)(F)F)C(F)(F)F)[C@H]1CCC2C(C/C=C3/C[C@@H](O)C[C@H](O)C3=C)CCC[C@@]21C)C([2H])([2H])[2H]. The fourth-order valence-corrected chi connectivity index (χ4v) is 8.17. The van der Waals surface area contributed by atoms with Crippen LogP contribution in [0.15, 0.2) is 23.8 Å². The lowest BCUT2D eigenvalue weighted by molar-refractivity contribution is -0.343.